The summed E-state index contributed by atoms with van der Waals surface area (Å²) in [7, 11) is 0. The van der Waals surface area contributed by atoms with Gasteiger partial charge >= 0.3 is 0 Å². The lowest BCUT2D eigenvalue weighted by molar-refractivity contribution is 0.271. The zero-order valence-corrected chi connectivity index (χ0v) is 11.7. The van der Waals surface area contributed by atoms with E-state index in [2.05, 4.69) is 17.4 Å². The van der Waals surface area contributed by atoms with Crippen LogP contribution in [0.4, 0.5) is 0 Å². The molecule has 3 rings (SSSR count). The zero-order chi connectivity index (χ0) is 12.4. The Kier molecular flexibility index (Phi) is 3.63. The minimum Gasteiger partial charge on any atom is -0.311 e. The molecule has 1 saturated carbocycles. The van der Waals surface area contributed by atoms with Crippen LogP contribution in [0.25, 0.3) is 0 Å². The van der Waals surface area contributed by atoms with Crippen LogP contribution in [0.5, 0.6) is 0 Å². The molecule has 0 radical (unpaired) electrons. The van der Waals surface area contributed by atoms with Gasteiger partial charge in [0.2, 0.25) is 0 Å². The van der Waals surface area contributed by atoms with E-state index in [0.29, 0.717) is 5.54 Å². The Balaban J connectivity index is 1.78. The first-order valence-corrected chi connectivity index (χ1v) is 7.66. The number of hydrogen-bond donors (Lipinski definition) is 1. The predicted molar refractivity (Wildman–Crippen MR) is 77.1 cm³/mol. The number of benzene rings is 1. The highest BCUT2D eigenvalue weighted by molar-refractivity contribution is 6.30. The minimum absolute atomic E-state index is 0.379. The standard InChI is InChI=1S/C16H22ClN/c17-15-8-4-13(5-9-15)12-16(14-6-7-14)10-2-1-3-11-18-16/h4-5,8-9,14,18H,1-3,6-7,10-12H2. The van der Waals surface area contributed by atoms with Gasteiger partial charge < -0.3 is 5.32 Å². The molecule has 2 fully saturated rings. The number of hydrogen-bond acceptors (Lipinski definition) is 1. The second kappa shape index (κ2) is 5.22. The summed E-state index contributed by atoms with van der Waals surface area (Å²) in [5.41, 5.74) is 1.81. The van der Waals surface area contributed by atoms with E-state index in [1.165, 1.54) is 57.1 Å². The van der Waals surface area contributed by atoms with Gasteiger partial charge in [-0.15, -0.1) is 0 Å². The van der Waals surface area contributed by atoms with Crippen molar-refractivity contribution in [3.8, 4) is 0 Å². The Hall–Kier alpha value is -0.530. The van der Waals surface area contributed by atoms with E-state index in [-0.39, 0.29) is 0 Å². The maximum atomic E-state index is 5.97. The van der Waals surface area contributed by atoms with Gasteiger partial charge in [0, 0.05) is 10.6 Å². The molecule has 2 aliphatic rings. The van der Waals surface area contributed by atoms with Gasteiger partial charge in [-0.1, -0.05) is 36.6 Å². The van der Waals surface area contributed by atoms with Crippen LogP contribution in [-0.2, 0) is 6.42 Å². The molecule has 1 aromatic carbocycles. The Morgan fingerprint density at radius 1 is 1.11 bits per heavy atom. The smallest absolute Gasteiger partial charge is 0.0406 e. The van der Waals surface area contributed by atoms with Crippen LogP contribution < -0.4 is 5.32 Å². The Labute approximate surface area is 115 Å². The third-order valence-corrected chi connectivity index (χ3v) is 4.82. The fraction of sp³-hybridized carbons (Fsp3) is 0.625. The Morgan fingerprint density at radius 2 is 1.89 bits per heavy atom. The summed E-state index contributed by atoms with van der Waals surface area (Å²) in [6.07, 6.45) is 9.48. The number of nitrogens with one attached hydrogen (secondary N) is 1. The average molecular weight is 264 g/mol. The van der Waals surface area contributed by atoms with Gasteiger partial charge in [0.25, 0.3) is 0 Å². The quantitative estimate of drug-likeness (QED) is 0.862. The van der Waals surface area contributed by atoms with Gasteiger partial charge in [0.05, 0.1) is 0 Å². The lowest BCUT2D eigenvalue weighted by Gasteiger charge is -2.34. The summed E-state index contributed by atoms with van der Waals surface area (Å²) in [5, 5.41) is 4.73. The summed E-state index contributed by atoms with van der Waals surface area (Å²) < 4.78 is 0. The van der Waals surface area contributed by atoms with E-state index < -0.39 is 0 Å². The fourth-order valence-electron chi connectivity index (χ4n) is 3.41. The molecule has 0 spiro atoms. The monoisotopic (exact) mass is 263 g/mol. The first-order valence-electron chi connectivity index (χ1n) is 7.28. The SMILES string of the molecule is Clc1ccc(CC2(C3CC3)CCCCCN2)cc1. The normalized spacial score (nSPS) is 28.9. The molecular weight excluding hydrogens is 242 g/mol. The van der Waals surface area contributed by atoms with Crippen molar-refractivity contribution in [3.05, 3.63) is 34.9 Å². The molecular formula is C16H22ClN. The predicted octanol–water partition coefficient (Wildman–Crippen LogP) is 4.19. The van der Waals surface area contributed by atoms with Crippen molar-refractivity contribution in [2.24, 2.45) is 5.92 Å². The first-order chi connectivity index (χ1) is 8.78. The maximum Gasteiger partial charge on any atom is 0.0406 e. The van der Waals surface area contributed by atoms with E-state index >= 15 is 0 Å². The van der Waals surface area contributed by atoms with E-state index in [0.717, 1.165) is 10.9 Å². The zero-order valence-electron chi connectivity index (χ0n) is 10.9. The Morgan fingerprint density at radius 3 is 2.61 bits per heavy atom. The molecule has 1 N–H and O–H groups in total. The van der Waals surface area contributed by atoms with Gasteiger partial charge in [-0.05, 0) is 62.3 Å². The largest absolute Gasteiger partial charge is 0.311 e. The third kappa shape index (κ3) is 2.73. The molecule has 1 unspecified atom stereocenters. The molecule has 2 heteroatoms. The highest BCUT2D eigenvalue weighted by Gasteiger charge is 2.44. The van der Waals surface area contributed by atoms with Crippen LogP contribution in [0.3, 0.4) is 0 Å². The fourth-order valence-corrected chi connectivity index (χ4v) is 3.54. The van der Waals surface area contributed by atoms with Crippen LogP contribution >= 0.6 is 11.6 Å². The van der Waals surface area contributed by atoms with Gasteiger partial charge in [-0.3, -0.25) is 0 Å². The van der Waals surface area contributed by atoms with E-state index in [4.69, 9.17) is 11.6 Å². The molecule has 0 amide bonds. The van der Waals surface area contributed by atoms with E-state index in [1.807, 2.05) is 12.1 Å². The van der Waals surface area contributed by atoms with Crippen molar-refractivity contribution in [1.29, 1.82) is 0 Å². The third-order valence-electron chi connectivity index (χ3n) is 4.57. The van der Waals surface area contributed by atoms with Crippen LogP contribution in [-0.4, -0.2) is 12.1 Å². The van der Waals surface area contributed by atoms with Crippen molar-refractivity contribution >= 4 is 11.6 Å². The second-order valence-electron chi connectivity index (χ2n) is 5.97. The molecule has 1 nitrogen and oxygen atoms in total. The summed E-state index contributed by atoms with van der Waals surface area (Å²) in [4.78, 5) is 0. The van der Waals surface area contributed by atoms with E-state index in [9.17, 15) is 0 Å². The van der Waals surface area contributed by atoms with Crippen molar-refractivity contribution in [2.75, 3.05) is 6.54 Å². The molecule has 1 aromatic rings. The minimum atomic E-state index is 0.379. The molecule has 1 atom stereocenters. The molecule has 18 heavy (non-hydrogen) atoms. The van der Waals surface area contributed by atoms with Crippen LogP contribution in [0.1, 0.15) is 44.1 Å². The van der Waals surface area contributed by atoms with Gasteiger partial charge in [-0.2, -0.15) is 0 Å². The molecule has 0 bridgehead atoms. The number of rotatable bonds is 3. The van der Waals surface area contributed by atoms with Crippen molar-refractivity contribution in [1.82, 2.24) is 5.32 Å². The molecule has 0 aromatic heterocycles. The van der Waals surface area contributed by atoms with Gasteiger partial charge in [-0.25, -0.2) is 0 Å². The van der Waals surface area contributed by atoms with Crippen molar-refractivity contribution in [2.45, 2.75) is 50.5 Å². The highest BCUT2D eigenvalue weighted by Crippen LogP contribution is 2.45. The van der Waals surface area contributed by atoms with Crippen molar-refractivity contribution < 1.29 is 0 Å². The molecule has 1 heterocycles. The summed E-state index contributed by atoms with van der Waals surface area (Å²) in [6, 6.07) is 8.43. The van der Waals surface area contributed by atoms with Crippen molar-refractivity contribution in [3.63, 3.8) is 0 Å². The van der Waals surface area contributed by atoms with Crippen LogP contribution in [0.15, 0.2) is 24.3 Å². The molecule has 1 aliphatic carbocycles. The highest BCUT2D eigenvalue weighted by atomic mass is 35.5. The van der Waals surface area contributed by atoms with Crippen LogP contribution in [0, 0.1) is 5.92 Å². The lowest BCUT2D eigenvalue weighted by Crippen LogP contribution is -2.48. The van der Waals surface area contributed by atoms with Gasteiger partial charge in [0.15, 0.2) is 0 Å². The molecule has 1 aliphatic heterocycles. The first kappa shape index (κ1) is 12.5. The maximum absolute atomic E-state index is 5.97. The molecule has 98 valence electrons. The van der Waals surface area contributed by atoms with E-state index in [1.54, 1.807) is 0 Å². The topological polar surface area (TPSA) is 12.0 Å². The summed E-state index contributed by atoms with van der Waals surface area (Å²) in [6.45, 7) is 1.20. The summed E-state index contributed by atoms with van der Waals surface area (Å²) >= 11 is 5.97. The van der Waals surface area contributed by atoms with Crippen LogP contribution in [0.2, 0.25) is 5.02 Å². The molecule has 1 saturated heterocycles. The number of halogens is 1. The average Bonchev–Trinajstić information content (AvgIpc) is 3.18. The van der Waals surface area contributed by atoms with Gasteiger partial charge in [0.1, 0.15) is 0 Å². The second-order valence-corrected chi connectivity index (χ2v) is 6.41. The lowest BCUT2D eigenvalue weighted by atomic mass is 9.82. The summed E-state index contributed by atoms with van der Waals surface area (Å²) in [5.74, 6) is 0.909. The Bertz CT molecular complexity index is 386.